The normalized spacial score (nSPS) is 10.6. The molecule has 1 aromatic carbocycles. The van der Waals surface area contributed by atoms with Crippen LogP contribution < -0.4 is 0 Å². The Morgan fingerprint density at radius 1 is 1.08 bits per heavy atom. The number of carbonyl (C=O) groups is 1. The van der Waals surface area contributed by atoms with Crippen LogP contribution in [0.15, 0.2) is 54.2 Å². The van der Waals surface area contributed by atoms with Gasteiger partial charge in [-0.15, -0.1) is 11.3 Å². The van der Waals surface area contributed by atoms with Gasteiger partial charge in [0.1, 0.15) is 4.88 Å². The van der Waals surface area contributed by atoms with Crippen LogP contribution in [0.25, 0.3) is 0 Å². The van der Waals surface area contributed by atoms with Crippen LogP contribution in [0.2, 0.25) is 0 Å². The van der Waals surface area contributed by atoms with Crippen LogP contribution in [-0.2, 0) is 13.1 Å². The predicted octanol–water partition coefficient (Wildman–Crippen LogP) is 4.00. The highest BCUT2D eigenvalue weighted by atomic mass is 32.1. The van der Waals surface area contributed by atoms with E-state index in [-0.39, 0.29) is 5.91 Å². The van der Waals surface area contributed by atoms with Crippen molar-refractivity contribution in [1.29, 1.82) is 0 Å². The van der Waals surface area contributed by atoms with Gasteiger partial charge in [0.2, 0.25) is 0 Å². The van der Waals surface area contributed by atoms with Crippen molar-refractivity contribution in [2.45, 2.75) is 26.9 Å². The number of rotatable bonds is 5. The summed E-state index contributed by atoms with van der Waals surface area (Å²) in [5.74, 6) is 0.00200. The fraction of sp³-hybridized carbons (Fsp3) is 0.211. The largest absolute Gasteiger partial charge is 0.328 e. The number of aromatic nitrogens is 2. The van der Waals surface area contributed by atoms with Crippen molar-refractivity contribution in [1.82, 2.24) is 14.9 Å². The van der Waals surface area contributed by atoms with Crippen LogP contribution in [0.1, 0.15) is 32.2 Å². The van der Waals surface area contributed by atoms with Crippen LogP contribution in [0.3, 0.4) is 0 Å². The molecule has 0 aliphatic carbocycles. The van der Waals surface area contributed by atoms with Gasteiger partial charge in [0.05, 0.1) is 23.4 Å². The molecule has 2 aromatic heterocycles. The molecule has 0 N–H and O–H groups in total. The zero-order chi connectivity index (χ0) is 16.9. The van der Waals surface area contributed by atoms with Crippen LogP contribution in [0.5, 0.6) is 0 Å². The zero-order valence-corrected chi connectivity index (χ0v) is 14.6. The first-order valence-corrected chi connectivity index (χ1v) is 8.66. The molecule has 0 saturated heterocycles. The average Bonchev–Trinajstić information content (AvgIpc) is 3.01. The minimum Gasteiger partial charge on any atom is -0.328 e. The third-order valence-electron chi connectivity index (χ3n) is 3.76. The van der Waals surface area contributed by atoms with E-state index in [0.29, 0.717) is 18.0 Å². The Balaban J connectivity index is 1.88. The van der Waals surface area contributed by atoms with Gasteiger partial charge in [-0.1, -0.05) is 35.9 Å². The van der Waals surface area contributed by atoms with Gasteiger partial charge in [-0.3, -0.25) is 9.78 Å². The van der Waals surface area contributed by atoms with E-state index in [9.17, 15) is 4.79 Å². The minimum absolute atomic E-state index is 0.00200. The minimum atomic E-state index is 0.00200. The molecule has 24 heavy (non-hydrogen) atoms. The summed E-state index contributed by atoms with van der Waals surface area (Å²) in [6.45, 7) is 4.95. The summed E-state index contributed by atoms with van der Waals surface area (Å²) in [5.41, 5.74) is 5.67. The van der Waals surface area contributed by atoms with E-state index in [2.05, 4.69) is 29.0 Å². The smallest absolute Gasteiger partial charge is 0.266 e. The molecular weight excluding hydrogens is 318 g/mol. The monoisotopic (exact) mass is 337 g/mol. The number of pyridine rings is 1. The molecule has 0 radical (unpaired) electrons. The second-order valence-electron chi connectivity index (χ2n) is 5.74. The first kappa shape index (κ1) is 16.3. The molecular formula is C19H19N3OS. The molecule has 0 fully saturated rings. The molecule has 0 aliphatic heterocycles. The van der Waals surface area contributed by atoms with Crippen molar-refractivity contribution >= 4 is 17.2 Å². The first-order valence-electron chi connectivity index (χ1n) is 7.78. The van der Waals surface area contributed by atoms with Gasteiger partial charge in [0, 0.05) is 12.7 Å². The Hall–Kier alpha value is -2.53. The number of amides is 1. The standard InChI is InChI=1S/C19H19N3OS/c1-14-6-5-7-16(10-14)11-22(12-17-8-3-4-9-20-17)19(23)18-15(2)21-13-24-18/h3-10,13H,11-12H2,1-2H3. The van der Waals surface area contributed by atoms with Crippen molar-refractivity contribution in [2.75, 3.05) is 0 Å². The SMILES string of the molecule is Cc1cccc(CN(Cc2ccccn2)C(=O)c2scnc2C)c1. The number of thiazole rings is 1. The van der Waals surface area contributed by atoms with Crippen molar-refractivity contribution in [2.24, 2.45) is 0 Å². The maximum absolute atomic E-state index is 13.0. The molecule has 0 atom stereocenters. The van der Waals surface area contributed by atoms with Gasteiger partial charge in [-0.05, 0) is 31.5 Å². The maximum Gasteiger partial charge on any atom is 0.266 e. The summed E-state index contributed by atoms with van der Waals surface area (Å²) >= 11 is 1.39. The summed E-state index contributed by atoms with van der Waals surface area (Å²) in [6, 6.07) is 14.0. The summed E-state index contributed by atoms with van der Waals surface area (Å²) in [5, 5.41) is 0. The number of carbonyl (C=O) groups excluding carboxylic acids is 1. The highest BCUT2D eigenvalue weighted by Crippen LogP contribution is 2.19. The number of benzene rings is 1. The highest BCUT2D eigenvalue weighted by molar-refractivity contribution is 7.11. The molecule has 0 unspecified atom stereocenters. The molecule has 0 aliphatic rings. The molecule has 122 valence electrons. The van der Waals surface area contributed by atoms with Crippen molar-refractivity contribution < 1.29 is 4.79 Å². The quantitative estimate of drug-likeness (QED) is 0.707. The number of nitrogens with zero attached hydrogens (tertiary/aromatic N) is 3. The van der Waals surface area contributed by atoms with E-state index in [1.54, 1.807) is 11.7 Å². The Morgan fingerprint density at radius 2 is 1.96 bits per heavy atom. The molecule has 3 rings (SSSR count). The summed E-state index contributed by atoms with van der Waals surface area (Å²) in [4.78, 5) is 24.1. The van der Waals surface area contributed by atoms with E-state index in [4.69, 9.17) is 0 Å². The molecule has 4 nitrogen and oxygen atoms in total. The fourth-order valence-corrected chi connectivity index (χ4v) is 3.34. The Labute approximate surface area is 145 Å². The summed E-state index contributed by atoms with van der Waals surface area (Å²) in [7, 11) is 0. The lowest BCUT2D eigenvalue weighted by molar-refractivity contribution is 0.0732. The third kappa shape index (κ3) is 3.86. The Morgan fingerprint density at radius 3 is 2.62 bits per heavy atom. The lowest BCUT2D eigenvalue weighted by Gasteiger charge is -2.22. The second kappa shape index (κ2) is 7.36. The molecule has 0 saturated carbocycles. The molecule has 2 heterocycles. The van der Waals surface area contributed by atoms with Gasteiger partial charge >= 0.3 is 0 Å². The predicted molar refractivity (Wildman–Crippen MR) is 95.8 cm³/mol. The van der Waals surface area contributed by atoms with E-state index < -0.39 is 0 Å². The Kier molecular flexibility index (Phi) is 5.01. The number of hydrogen-bond acceptors (Lipinski definition) is 4. The van der Waals surface area contributed by atoms with Gasteiger partial charge in [0.25, 0.3) is 5.91 Å². The lowest BCUT2D eigenvalue weighted by atomic mass is 10.1. The van der Waals surface area contributed by atoms with Crippen molar-refractivity contribution in [3.05, 3.63) is 81.6 Å². The van der Waals surface area contributed by atoms with Crippen LogP contribution in [0.4, 0.5) is 0 Å². The van der Waals surface area contributed by atoms with Crippen molar-refractivity contribution in [3.8, 4) is 0 Å². The molecule has 3 aromatic rings. The summed E-state index contributed by atoms with van der Waals surface area (Å²) in [6.07, 6.45) is 1.75. The molecule has 1 amide bonds. The maximum atomic E-state index is 13.0. The van der Waals surface area contributed by atoms with Crippen LogP contribution in [0, 0.1) is 13.8 Å². The molecule has 0 spiro atoms. The van der Waals surface area contributed by atoms with E-state index >= 15 is 0 Å². The number of hydrogen-bond donors (Lipinski definition) is 0. The molecule has 0 bridgehead atoms. The van der Waals surface area contributed by atoms with E-state index in [0.717, 1.165) is 17.0 Å². The number of aryl methyl sites for hydroxylation is 2. The van der Waals surface area contributed by atoms with E-state index in [1.165, 1.54) is 16.9 Å². The highest BCUT2D eigenvalue weighted by Gasteiger charge is 2.20. The van der Waals surface area contributed by atoms with Crippen molar-refractivity contribution in [3.63, 3.8) is 0 Å². The molecule has 5 heteroatoms. The first-order chi connectivity index (χ1) is 11.6. The van der Waals surface area contributed by atoms with Gasteiger partial charge in [-0.2, -0.15) is 0 Å². The van der Waals surface area contributed by atoms with E-state index in [1.807, 2.05) is 42.2 Å². The topological polar surface area (TPSA) is 46.1 Å². The zero-order valence-electron chi connectivity index (χ0n) is 13.8. The average molecular weight is 337 g/mol. The van der Waals surface area contributed by atoms with Gasteiger partial charge in [0.15, 0.2) is 0 Å². The van der Waals surface area contributed by atoms with Gasteiger partial charge < -0.3 is 4.90 Å². The lowest BCUT2D eigenvalue weighted by Crippen LogP contribution is -2.30. The second-order valence-corrected chi connectivity index (χ2v) is 6.59. The summed E-state index contributed by atoms with van der Waals surface area (Å²) < 4.78 is 0. The van der Waals surface area contributed by atoms with Gasteiger partial charge in [-0.25, -0.2) is 4.98 Å². The fourth-order valence-electron chi connectivity index (χ4n) is 2.57. The van der Waals surface area contributed by atoms with Crippen LogP contribution >= 0.6 is 11.3 Å². The Bertz CT molecular complexity index is 829. The third-order valence-corrected chi connectivity index (χ3v) is 4.68. The van der Waals surface area contributed by atoms with Crippen LogP contribution in [-0.4, -0.2) is 20.8 Å².